The third-order valence-electron chi connectivity index (χ3n) is 6.66. The second kappa shape index (κ2) is 8.21. The third kappa shape index (κ3) is 4.09. The molecule has 0 spiro atoms. The lowest BCUT2D eigenvalue weighted by Crippen LogP contribution is -2.54. The number of ether oxygens (including phenoxy) is 1. The van der Waals surface area contributed by atoms with Crippen LogP contribution in [0.4, 0.5) is 13.2 Å². The fraction of sp³-hybridized carbons (Fsp3) is 0.650. The number of carboxylic acid groups (broad SMARTS) is 1. The number of hydrogen-bond acceptors (Lipinski definition) is 6. The van der Waals surface area contributed by atoms with Crippen LogP contribution in [0.15, 0.2) is 10.9 Å². The summed E-state index contributed by atoms with van der Waals surface area (Å²) in [4.78, 5) is 49.9. The van der Waals surface area contributed by atoms with Gasteiger partial charge in [-0.3, -0.25) is 14.2 Å². The summed E-state index contributed by atoms with van der Waals surface area (Å²) in [6, 6.07) is 1.83. The van der Waals surface area contributed by atoms with Gasteiger partial charge in [0.05, 0.1) is 5.41 Å². The van der Waals surface area contributed by atoms with Crippen LogP contribution < -0.4 is 11.0 Å². The Morgan fingerprint density at radius 1 is 1.22 bits per heavy atom. The van der Waals surface area contributed by atoms with Crippen LogP contribution in [0.25, 0.3) is 0 Å². The lowest BCUT2D eigenvalue weighted by molar-refractivity contribution is -0.192. The predicted molar refractivity (Wildman–Crippen MR) is 105 cm³/mol. The molecule has 2 N–H and O–H groups in total. The number of carbonyl (C=O) groups is 3. The Morgan fingerprint density at radius 2 is 1.78 bits per heavy atom. The van der Waals surface area contributed by atoms with E-state index >= 15 is 0 Å². The fourth-order valence-corrected chi connectivity index (χ4v) is 4.22. The first-order valence-corrected chi connectivity index (χ1v) is 9.86. The number of aromatic nitrogens is 2. The minimum Gasteiger partial charge on any atom is -0.475 e. The molecular weight excluding hydrogens is 435 g/mol. The zero-order valence-electron chi connectivity index (χ0n) is 18.4. The van der Waals surface area contributed by atoms with Crippen LogP contribution in [-0.4, -0.2) is 50.8 Å². The monoisotopic (exact) mass is 461 g/mol. The van der Waals surface area contributed by atoms with E-state index in [1.165, 1.54) is 4.57 Å². The second-order valence-corrected chi connectivity index (χ2v) is 8.71. The molecule has 0 aromatic carbocycles. The molecule has 1 saturated heterocycles. The standard InChI is InChI=1S/C18H25N3O4.C2HF3O2/c1-11-10-12(2)21(15(24)20-11)9-8-19-13(22)18-7-6-17(5,14(23)25-18)16(18,3)4;3-2(4,5)1(6)7/h10H,6-9H2,1-5H3,(H,19,22);(H,6,7)/t17-,18+;/m0./s1. The summed E-state index contributed by atoms with van der Waals surface area (Å²) < 4.78 is 38.8. The van der Waals surface area contributed by atoms with E-state index in [4.69, 9.17) is 14.6 Å². The van der Waals surface area contributed by atoms with Crippen molar-refractivity contribution in [2.24, 2.45) is 10.8 Å². The van der Waals surface area contributed by atoms with Crippen molar-refractivity contribution in [3.63, 3.8) is 0 Å². The number of amides is 1. The topological polar surface area (TPSA) is 128 Å². The van der Waals surface area contributed by atoms with Gasteiger partial charge in [-0.1, -0.05) is 13.8 Å². The zero-order valence-corrected chi connectivity index (χ0v) is 18.4. The number of alkyl halides is 3. The molecule has 1 saturated carbocycles. The Bertz CT molecular complexity index is 1000. The molecule has 32 heavy (non-hydrogen) atoms. The molecule has 2 aliphatic rings. The fourth-order valence-electron chi connectivity index (χ4n) is 4.22. The Morgan fingerprint density at radius 3 is 2.19 bits per heavy atom. The number of rotatable bonds is 4. The van der Waals surface area contributed by atoms with Gasteiger partial charge in [-0.05, 0) is 39.7 Å². The minimum absolute atomic E-state index is 0.274. The third-order valence-corrected chi connectivity index (χ3v) is 6.66. The summed E-state index contributed by atoms with van der Waals surface area (Å²) in [6.07, 6.45) is -3.91. The molecule has 0 radical (unpaired) electrons. The summed E-state index contributed by atoms with van der Waals surface area (Å²) in [5, 5.41) is 9.98. The van der Waals surface area contributed by atoms with Gasteiger partial charge in [0.25, 0.3) is 5.91 Å². The molecule has 1 amide bonds. The van der Waals surface area contributed by atoms with Crippen LogP contribution in [0.1, 0.15) is 45.0 Å². The van der Waals surface area contributed by atoms with Crippen molar-refractivity contribution in [1.29, 1.82) is 0 Å². The summed E-state index contributed by atoms with van der Waals surface area (Å²) in [6.45, 7) is 9.92. The first-order valence-electron chi connectivity index (χ1n) is 9.86. The highest BCUT2D eigenvalue weighted by atomic mass is 19.4. The number of halogens is 3. The molecule has 2 bridgehead atoms. The van der Waals surface area contributed by atoms with E-state index in [1.54, 1.807) is 6.92 Å². The summed E-state index contributed by atoms with van der Waals surface area (Å²) in [5.41, 5.74) is -1.17. The summed E-state index contributed by atoms with van der Waals surface area (Å²) >= 11 is 0. The molecule has 1 aromatic heterocycles. The van der Waals surface area contributed by atoms with Crippen molar-refractivity contribution in [3.8, 4) is 0 Å². The molecule has 2 heterocycles. The lowest BCUT2D eigenvalue weighted by Gasteiger charge is -2.35. The number of aliphatic carboxylic acids is 1. The van der Waals surface area contributed by atoms with Crippen LogP contribution in [0.2, 0.25) is 0 Å². The molecule has 9 nitrogen and oxygen atoms in total. The van der Waals surface area contributed by atoms with E-state index in [1.807, 2.05) is 33.8 Å². The van der Waals surface area contributed by atoms with Crippen LogP contribution in [0.5, 0.6) is 0 Å². The van der Waals surface area contributed by atoms with Crippen molar-refractivity contribution in [1.82, 2.24) is 14.9 Å². The molecule has 2 atom stereocenters. The number of hydrogen-bond donors (Lipinski definition) is 2. The summed E-state index contributed by atoms with van der Waals surface area (Å²) in [7, 11) is 0. The number of nitrogens with zero attached hydrogens (tertiary/aromatic N) is 2. The maximum atomic E-state index is 12.9. The Labute approximate surface area is 182 Å². The maximum absolute atomic E-state index is 12.9. The number of fused-ring (bicyclic) bond motifs is 2. The van der Waals surface area contributed by atoms with Gasteiger partial charge in [0.1, 0.15) is 0 Å². The molecular formula is C20H26F3N3O6. The van der Waals surface area contributed by atoms with Gasteiger partial charge < -0.3 is 15.2 Å². The predicted octanol–water partition coefficient (Wildman–Crippen LogP) is 1.73. The summed E-state index contributed by atoms with van der Waals surface area (Å²) in [5.74, 6) is -3.33. The van der Waals surface area contributed by atoms with Crippen molar-refractivity contribution in [2.45, 2.75) is 65.8 Å². The van der Waals surface area contributed by atoms with Crippen molar-refractivity contribution in [3.05, 3.63) is 27.9 Å². The molecule has 1 aromatic rings. The average Bonchev–Trinajstić information content (AvgIpc) is 2.93. The molecule has 1 aliphatic heterocycles. The van der Waals surface area contributed by atoms with Gasteiger partial charge in [-0.25, -0.2) is 9.59 Å². The molecule has 178 valence electrons. The number of carboxylic acids is 1. The Kier molecular flexibility index (Phi) is 6.50. The lowest BCUT2D eigenvalue weighted by atomic mass is 9.66. The number of aryl methyl sites for hydroxylation is 2. The highest BCUT2D eigenvalue weighted by Crippen LogP contribution is 2.65. The van der Waals surface area contributed by atoms with Gasteiger partial charge in [0.2, 0.25) is 0 Å². The van der Waals surface area contributed by atoms with Crippen molar-refractivity contribution >= 4 is 17.8 Å². The van der Waals surface area contributed by atoms with Gasteiger partial charge in [-0.15, -0.1) is 0 Å². The van der Waals surface area contributed by atoms with E-state index in [0.29, 0.717) is 25.1 Å². The highest BCUT2D eigenvalue weighted by Gasteiger charge is 2.75. The SMILES string of the molecule is Cc1cc(C)n(CCNC(=O)[C@@]23CC[C@@](C)(C(=O)O2)C3(C)C)c(=O)n1.O=C(O)C(F)(F)F. The number of esters is 1. The van der Waals surface area contributed by atoms with Crippen LogP contribution >= 0.6 is 0 Å². The molecule has 1 aliphatic carbocycles. The van der Waals surface area contributed by atoms with Crippen molar-refractivity contribution in [2.75, 3.05) is 6.54 Å². The van der Waals surface area contributed by atoms with E-state index in [-0.39, 0.29) is 24.1 Å². The van der Waals surface area contributed by atoms with E-state index in [9.17, 15) is 27.6 Å². The second-order valence-electron chi connectivity index (χ2n) is 8.71. The van der Waals surface area contributed by atoms with Crippen LogP contribution in [0.3, 0.4) is 0 Å². The van der Waals surface area contributed by atoms with E-state index in [0.717, 1.165) is 5.69 Å². The molecule has 3 rings (SSSR count). The first-order chi connectivity index (χ1) is 14.5. The average molecular weight is 461 g/mol. The van der Waals surface area contributed by atoms with Gasteiger partial charge in [0.15, 0.2) is 5.60 Å². The highest BCUT2D eigenvalue weighted by molar-refractivity contribution is 5.96. The zero-order chi connectivity index (χ0) is 24.7. The normalized spacial score (nSPS) is 25.6. The quantitative estimate of drug-likeness (QED) is 0.654. The Hall–Kier alpha value is -2.92. The molecule has 12 heteroatoms. The maximum Gasteiger partial charge on any atom is 0.490 e. The Balaban J connectivity index is 0.000000451. The number of nitrogens with one attached hydrogen (secondary N) is 1. The minimum atomic E-state index is -5.08. The van der Waals surface area contributed by atoms with Crippen LogP contribution in [0, 0.1) is 24.7 Å². The number of carbonyl (C=O) groups excluding carboxylic acids is 2. The van der Waals surface area contributed by atoms with Crippen LogP contribution in [-0.2, 0) is 25.7 Å². The van der Waals surface area contributed by atoms with E-state index in [2.05, 4.69) is 10.3 Å². The molecule has 2 fully saturated rings. The van der Waals surface area contributed by atoms with Gasteiger partial charge >= 0.3 is 23.8 Å². The van der Waals surface area contributed by atoms with Crippen molar-refractivity contribution < 1.29 is 37.4 Å². The van der Waals surface area contributed by atoms with Gasteiger partial charge in [-0.2, -0.15) is 18.2 Å². The van der Waals surface area contributed by atoms with Gasteiger partial charge in [0, 0.05) is 29.9 Å². The molecule has 0 unspecified atom stereocenters. The smallest absolute Gasteiger partial charge is 0.475 e. The first kappa shape index (κ1) is 25.3. The largest absolute Gasteiger partial charge is 0.490 e. The van der Waals surface area contributed by atoms with E-state index < -0.39 is 28.6 Å².